The molecule has 3 aromatic carbocycles. The van der Waals surface area contributed by atoms with E-state index < -0.39 is 9.84 Å². The monoisotopic (exact) mass is 442 g/mol. The molecule has 0 bridgehead atoms. The second kappa shape index (κ2) is 7.94. The lowest BCUT2D eigenvalue weighted by Crippen LogP contribution is -2.09. The number of hydrogen-bond acceptors (Lipinski definition) is 5. The number of rotatable bonds is 5. The number of benzene rings is 3. The van der Waals surface area contributed by atoms with E-state index in [0.29, 0.717) is 33.9 Å². The highest BCUT2D eigenvalue weighted by atomic mass is 32.2. The Morgan fingerprint density at radius 1 is 0.844 bits per heavy atom. The van der Waals surface area contributed by atoms with E-state index in [1.54, 1.807) is 54.6 Å². The fourth-order valence-corrected chi connectivity index (χ4v) is 4.97. The standard InChI is InChI=1S/C25H18N2O4S/c28-25-23-8-4-3-7-22(23)24(26-27-25)17-9-11-18(12-10-17)31-19-13-15-21(16-14-19)32(29,30)20-5-1-2-6-20/h1,3-16H,2H2,(H,27,28). The predicted molar refractivity (Wildman–Crippen MR) is 123 cm³/mol. The van der Waals surface area contributed by atoms with Crippen LogP contribution in [0.1, 0.15) is 6.42 Å². The first-order valence-electron chi connectivity index (χ1n) is 10.00. The Bertz CT molecular complexity index is 1530. The van der Waals surface area contributed by atoms with Gasteiger partial charge in [0.15, 0.2) is 0 Å². The third-order valence-corrected chi connectivity index (χ3v) is 7.06. The second-order valence-corrected chi connectivity index (χ2v) is 9.24. The lowest BCUT2D eigenvalue weighted by molar-refractivity contribution is 0.482. The van der Waals surface area contributed by atoms with Gasteiger partial charge in [-0.05, 0) is 67.1 Å². The summed E-state index contributed by atoms with van der Waals surface area (Å²) in [6.07, 6.45) is 5.78. The number of ether oxygens (including phenoxy) is 1. The van der Waals surface area contributed by atoms with Gasteiger partial charge in [0, 0.05) is 10.9 Å². The first kappa shape index (κ1) is 20.0. The molecule has 0 amide bonds. The zero-order valence-electron chi connectivity index (χ0n) is 16.9. The van der Waals surface area contributed by atoms with Crippen LogP contribution in [0.4, 0.5) is 0 Å². The van der Waals surface area contributed by atoms with Gasteiger partial charge in [-0.2, -0.15) is 5.10 Å². The SMILES string of the molecule is O=c1[nH]nc(-c2ccc(Oc3ccc(S(=O)(=O)C4=CCC=C4)cc3)cc2)c2ccccc12. The molecule has 4 aromatic rings. The highest BCUT2D eigenvalue weighted by Gasteiger charge is 2.20. The fourth-order valence-electron chi connectivity index (χ4n) is 3.61. The van der Waals surface area contributed by atoms with Crippen molar-refractivity contribution in [1.29, 1.82) is 0 Å². The molecule has 6 nitrogen and oxygen atoms in total. The van der Waals surface area contributed by atoms with Crippen LogP contribution < -0.4 is 10.3 Å². The number of aromatic amines is 1. The van der Waals surface area contributed by atoms with Crippen molar-refractivity contribution in [1.82, 2.24) is 10.2 Å². The maximum absolute atomic E-state index is 12.6. The average molecular weight is 442 g/mol. The minimum atomic E-state index is -3.50. The molecule has 1 heterocycles. The molecular weight excluding hydrogens is 424 g/mol. The van der Waals surface area contributed by atoms with E-state index in [9.17, 15) is 13.2 Å². The van der Waals surface area contributed by atoms with Gasteiger partial charge in [0.2, 0.25) is 9.84 Å². The summed E-state index contributed by atoms with van der Waals surface area (Å²) < 4.78 is 31.1. The Hall–Kier alpha value is -3.97. The van der Waals surface area contributed by atoms with E-state index in [1.165, 1.54) is 0 Å². The number of nitrogens with one attached hydrogen (secondary N) is 1. The lowest BCUT2D eigenvalue weighted by Gasteiger charge is -2.09. The van der Waals surface area contributed by atoms with Crippen LogP contribution in [-0.4, -0.2) is 18.6 Å². The van der Waals surface area contributed by atoms with E-state index in [1.807, 2.05) is 36.4 Å². The van der Waals surface area contributed by atoms with E-state index in [-0.39, 0.29) is 10.5 Å². The van der Waals surface area contributed by atoms with E-state index in [0.717, 1.165) is 10.9 Å². The molecule has 5 rings (SSSR count). The number of allylic oxidation sites excluding steroid dienone is 3. The van der Waals surface area contributed by atoms with Crippen LogP contribution in [0, 0.1) is 0 Å². The molecule has 1 aliphatic carbocycles. The van der Waals surface area contributed by atoms with Gasteiger partial charge in [0.1, 0.15) is 11.5 Å². The van der Waals surface area contributed by atoms with E-state index >= 15 is 0 Å². The van der Waals surface area contributed by atoms with Crippen LogP contribution in [0.15, 0.2) is 106 Å². The topological polar surface area (TPSA) is 89.1 Å². The maximum atomic E-state index is 12.6. The number of aromatic nitrogens is 2. The van der Waals surface area contributed by atoms with Crippen LogP contribution in [0.2, 0.25) is 0 Å². The minimum Gasteiger partial charge on any atom is -0.457 e. The van der Waals surface area contributed by atoms with Crippen LogP contribution in [-0.2, 0) is 9.84 Å². The Morgan fingerprint density at radius 2 is 1.50 bits per heavy atom. The highest BCUT2D eigenvalue weighted by Crippen LogP contribution is 2.30. The molecule has 0 fully saturated rings. The van der Waals surface area contributed by atoms with Gasteiger partial charge < -0.3 is 4.74 Å². The predicted octanol–water partition coefficient (Wildman–Crippen LogP) is 5.00. The second-order valence-electron chi connectivity index (χ2n) is 7.29. The summed E-state index contributed by atoms with van der Waals surface area (Å²) in [4.78, 5) is 12.6. The molecule has 0 saturated heterocycles. The summed E-state index contributed by atoms with van der Waals surface area (Å²) in [5, 5.41) is 8.10. The summed E-state index contributed by atoms with van der Waals surface area (Å²) in [6, 6.07) is 21.0. The molecule has 1 aromatic heterocycles. The van der Waals surface area contributed by atoms with Crippen molar-refractivity contribution in [3.8, 4) is 22.8 Å². The molecule has 0 atom stereocenters. The first-order valence-corrected chi connectivity index (χ1v) is 11.5. The summed E-state index contributed by atoms with van der Waals surface area (Å²) in [5.41, 5.74) is 1.29. The van der Waals surface area contributed by atoms with Crippen LogP contribution in [0.5, 0.6) is 11.5 Å². The normalized spacial score (nSPS) is 13.3. The van der Waals surface area contributed by atoms with Gasteiger partial charge in [0.25, 0.3) is 5.56 Å². The summed E-state index contributed by atoms with van der Waals surface area (Å²) in [7, 11) is -3.50. The van der Waals surface area contributed by atoms with Gasteiger partial charge in [0.05, 0.1) is 20.9 Å². The summed E-state index contributed by atoms with van der Waals surface area (Å²) in [5.74, 6) is 1.12. The van der Waals surface area contributed by atoms with Crippen LogP contribution >= 0.6 is 0 Å². The Kier molecular flexibility index (Phi) is 4.95. The molecule has 32 heavy (non-hydrogen) atoms. The molecule has 1 N–H and O–H groups in total. The van der Waals surface area contributed by atoms with Gasteiger partial charge in [-0.1, -0.05) is 30.4 Å². The number of sulfone groups is 1. The van der Waals surface area contributed by atoms with Crippen molar-refractivity contribution >= 4 is 20.6 Å². The average Bonchev–Trinajstić information content (AvgIpc) is 3.37. The molecule has 0 unspecified atom stereocenters. The van der Waals surface area contributed by atoms with Gasteiger partial charge in [-0.15, -0.1) is 0 Å². The van der Waals surface area contributed by atoms with Gasteiger partial charge in [-0.3, -0.25) is 4.79 Å². The van der Waals surface area contributed by atoms with E-state index in [4.69, 9.17) is 4.74 Å². The maximum Gasteiger partial charge on any atom is 0.272 e. The van der Waals surface area contributed by atoms with Gasteiger partial charge in [-0.25, -0.2) is 13.5 Å². The number of H-pyrrole nitrogens is 1. The summed E-state index contributed by atoms with van der Waals surface area (Å²) in [6.45, 7) is 0. The van der Waals surface area contributed by atoms with Gasteiger partial charge >= 0.3 is 0 Å². The van der Waals surface area contributed by atoms with Crippen LogP contribution in [0.25, 0.3) is 22.0 Å². The van der Waals surface area contributed by atoms with Crippen molar-refractivity contribution < 1.29 is 13.2 Å². The zero-order chi connectivity index (χ0) is 22.1. The van der Waals surface area contributed by atoms with Crippen molar-refractivity contribution in [2.45, 2.75) is 11.3 Å². The molecule has 0 radical (unpaired) electrons. The van der Waals surface area contributed by atoms with Crippen LogP contribution in [0.3, 0.4) is 0 Å². The quantitative estimate of drug-likeness (QED) is 0.470. The smallest absolute Gasteiger partial charge is 0.272 e. The van der Waals surface area contributed by atoms with Crippen molar-refractivity contribution in [2.24, 2.45) is 0 Å². The molecule has 0 saturated carbocycles. The Morgan fingerprint density at radius 3 is 2.16 bits per heavy atom. The van der Waals surface area contributed by atoms with Crippen molar-refractivity contribution in [2.75, 3.05) is 0 Å². The highest BCUT2D eigenvalue weighted by molar-refractivity contribution is 7.95. The Balaban J connectivity index is 1.37. The zero-order valence-corrected chi connectivity index (χ0v) is 17.7. The Labute approximate surface area is 184 Å². The molecule has 0 spiro atoms. The molecule has 0 aliphatic heterocycles. The number of nitrogens with zero attached hydrogens (tertiary/aromatic N) is 1. The lowest BCUT2D eigenvalue weighted by atomic mass is 10.1. The number of fused-ring (bicyclic) bond motifs is 1. The molecule has 7 heteroatoms. The molecular formula is C25H18N2O4S. The first-order chi connectivity index (χ1) is 15.5. The molecule has 1 aliphatic rings. The minimum absolute atomic E-state index is 0.227. The molecule has 158 valence electrons. The van der Waals surface area contributed by atoms with Crippen molar-refractivity contribution in [3.63, 3.8) is 0 Å². The van der Waals surface area contributed by atoms with E-state index in [2.05, 4.69) is 10.2 Å². The van der Waals surface area contributed by atoms with Crippen molar-refractivity contribution in [3.05, 3.63) is 106 Å². The summed E-state index contributed by atoms with van der Waals surface area (Å²) >= 11 is 0. The number of hydrogen-bond donors (Lipinski definition) is 1. The fraction of sp³-hybridized carbons (Fsp3) is 0.0400. The largest absolute Gasteiger partial charge is 0.457 e. The third-order valence-electron chi connectivity index (χ3n) is 5.24. The third kappa shape index (κ3) is 3.63.